The van der Waals surface area contributed by atoms with E-state index in [0.717, 1.165) is 5.16 Å². The molecule has 0 radical (unpaired) electrons. The summed E-state index contributed by atoms with van der Waals surface area (Å²) in [7, 11) is 1.90. The Kier molecular flexibility index (Phi) is 2.88. The Balaban J connectivity index is 1.96. The average molecular weight is 274 g/mol. The van der Waals surface area contributed by atoms with Gasteiger partial charge in [0, 0.05) is 31.8 Å². The number of imidazole rings is 1. The lowest BCUT2D eigenvalue weighted by Gasteiger charge is -2.04. The van der Waals surface area contributed by atoms with Crippen molar-refractivity contribution in [2.45, 2.75) is 10.3 Å². The molecule has 0 aliphatic rings. The van der Waals surface area contributed by atoms with Crippen LogP contribution in [0.2, 0.25) is 0 Å². The summed E-state index contributed by atoms with van der Waals surface area (Å²) in [5.41, 5.74) is 5.69. The molecule has 0 amide bonds. The molecule has 19 heavy (non-hydrogen) atoms. The molecule has 0 bridgehead atoms. The third-order valence-electron chi connectivity index (χ3n) is 2.29. The van der Waals surface area contributed by atoms with E-state index in [1.54, 1.807) is 24.7 Å². The second kappa shape index (κ2) is 4.69. The molecule has 0 atom stereocenters. The number of nitrogens with two attached hydrogens (primary N) is 1. The van der Waals surface area contributed by atoms with Gasteiger partial charge in [-0.2, -0.15) is 20.1 Å². The Hall–Kier alpha value is -2.42. The monoisotopic (exact) mass is 274 g/mol. The molecule has 0 aliphatic carbocycles. The standard InChI is InChI=1S/C10H10N8S/c1-17-6-4-12-10(17)19-9-15-7(11)14-8(16-9)18-5-2-3-13-18/h2-6H,1H3,(H2,11,14,15,16). The van der Waals surface area contributed by atoms with E-state index >= 15 is 0 Å². The number of hydrogen-bond donors (Lipinski definition) is 1. The van der Waals surface area contributed by atoms with Gasteiger partial charge in [0.15, 0.2) is 5.16 Å². The van der Waals surface area contributed by atoms with E-state index in [1.807, 2.05) is 17.8 Å². The molecule has 0 saturated carbocycles. The zero-order chi connectivity index (χ0) is 13.2. The van der Waals surface area contributed by atoms with Gasteiger partial charge in [0.1, 0.15) is 0 Å². The summed E-state index contributed by atoms with van der Waals surface area (Å²) < 4.78 is 3.40. The Labute approximate surface area is 112 Å². The van der Waals surface area contributed by atoms with Crippen LogP contribution in [0.5, 0.6) is 0 Å². The smallest absolute Gasteiger partial charge is 0.256 e. The summed E-state index contributed by atoms with van der Waals surface area (Å²) in [4.78, 5) is 16.6. The molecule has 3 aromatic rings. The van der Waals surface area contributed by atoms with Crippen LogP contribution in [0.1, 0.15) is 0 Å². The summed E-state index contributed by atoms with van der Waals surface area (Å²) >= 11 is 1.32. The molecule has 2 N–H and O–H groups in total. The third-order valence-corrected chi connectivity index (χ3v) is 3.23. The lowest BCUT2D eigenvalue weighted by Crippen LogP contribution is -2.07. The summed E-state index contributed by atoms with van der Waals surface area (Å²) in [6.07, 6.45) is 6.94. The van der Waals surface area contributed by atoms with Crippen LogP contribution in [0.15, 0.2) is 41.2 Å². The Morgan fingerprint density at radius 1 is 1.16 bits per heavy atom. The van der Waals surface area contributed by atoms with E-state index in [-0.39, 0.29) is 5.95 Å². The first-order valence-corrected chi connectivity index (χ1v) is 6.21. The minimum absolute atomic E-state index is 0.150. The van der Waals surface area contributed by atoms with Gasteiger partial charge in [0.2, 0.25) is 11.1 Å². The van der Waals surface area contributed by atoms with Gasteiger partial charge in [0.25, 0.3) is 5.95 Å². The molecule has 0 fully saturated rings. The van der Waals surface area contributed by atoms with Crippen molar-refractivity contribution in [3.05, 3.63) is 30.9 Å². The highest BCUT2D eigenvalue weighted by Crippen LogP contribution is 2.22. The number of aromatic nitrogens is 7. The Bertz CT molecular complexity index is 689. The van der Waals surface area contributed by atoms with Gasteiger partial charge in [-0.15, -0.1) is 0 Å². The van der Waals surface area contributed by atoms with Crippen LogP contribution in [-0.4, -0.2) is 34.3 Å². The topological polar surface area (TPSA) is 100 Å². The second-order valence-corrected chi connectivity index (χ2v) is 4.58. The molecule has 0 saturated heterocycles. The molecular formula is C10H10N8S. The van der Waals surface area contributed by atoms with Crippen molar-refractivity contribution >= 4 is 17.7 Å². The summed E-state index contributed by atoms with van der Waals surface area (Å²) in [5, 5.41) is 5.32. The lowest BCUT2D eigenvalue weighted by atomic mass is 10.7. The Morgan fingerprint density at radius 2 is 2.05 bits per heavy atom. The molecule has 96 valence electrons. The first-order valence-electron chi connectivity index (χ1n) is 5.39. The number of nitrogen functional groups attached to an aromatic ring is 1. The number of aryl methyl sites for hydroxylation is 1. The number of nitrogens with zero attached hydrogens (tertiary/aromatic N) is 7. The maximum absolute atomic E-state index is 5.69. The normalized spacial score (nSPS) is 10.8. The van der Waals surface area contributed by atoms with E-state index in [0.29, 0.717) is 11.1 Å². The van der Waals surface area contributed by atoms with E-state index in [2.05, 4.69) is 25.0 Å². The Morgan fingerprint density at radius 3 is 2.74 bits per heavy atom. The van der Waals surface area contributed by atoms with Crippen LogP contribution < -0.4 is 5.73 Å². The van der Waals surface area contributed by atoms with Crippen LogP contribution in [0, 0.1) is 0 Å². The summed E-state index contributed by atoms with van der Waals surface area (Å²) in [5.74, 6) is 0.534. The predicted molar refractivity (Wildman–Crippen MR) is 68.7 cm³/mol. The number of rotatable bonds is 3. The van der Waals surface area contributed by atoms with Crippen molar-refractivity contribution in [2.75, 3.05) is 5.73 Å². The fraction of sp³-hybridized carbons (Fsp3) is 0.100. The molecular weight excluding hydrogens is 264 g/mol. The summed E-state index contributed by atoms with van der Waals surface area (Å²) in [6, 6.07) is 1.78. The molecule has 3 heterocycles. The zero-order valence-corrected chi connectivity index (χ0v) is 10.8. The lowest BCUT2D eigenvalue weighted by molar-refractivity contribution is 0.755. The van der Waals surface area contributed by atoms with Crippen molar-refractivity contribution in [3.8, 4) is 5.95 Å². The van der Waals surface area contributed by atoms with Crippen LogP contribution in [-0.2, 0) is 7.05 Å². The van der Waals surface area contributed by atoms with E-state index in [4.69, 9.17) is 5.73 Å². The van der Waals surface area contributed by atoms with Crippen molar-refractivity contribution in [1.82, 2.24) is 34.3 Å². The van der Waals surface area contributed by atoms with Crippen LogP contribution in [0.25, 0.3) is 5.95 Å². The SMILES string of the molecule is Cn1ccnc1Sc1nc(N)nc(-n2cccn2)n1. The number of hydrogen-bond acceptors (Lipinski definition) is 7. The van der Waals surface area contributed by atoms with Gasteiger partial charge in [0.05, 0.1) is 0 Å². The van der Waals surface area contributed by atoms with Crippen LogP contribution in [0.4, 0.5) is 5.95 Å². The maximum Gasteiger partial charge on any atom is 0.256 e. The van der Waals surface area contributed by atoms with Gasteiger partial charge >= 0.3 is 0 Å². The maximum atomic E-state index is 5.69. The molecule has 8 nitrogen and oxygen atoms in total. The van der Waals surface area contributed by atoms with Crippen molar-refractivity contribution in [3.63, 3.8) is 0 Å². The molecule has 0 spiro atoms. The molecule has 0 aliphatic heterocycles. The van der Waals surface area contributed by atoms with Crippen molar-refractivity contribution < 1.29 is 0 Å². The quantitative estimate of drug-likeness (QED) is 0.743. The minimum Gasteiger partial charge on any atom is -0.368 e. The predicted octanol–water partition coefficient (Wildman–Crippen LogP) is 0.524. The van der Waals surface area contributed by atoms with E-state index in [9.17, 15) is 0 Å². The van der Waals surface area contributed by atoms with Crippen molar-refractivity contribution in [1.29, 1.82) is 0 Å². The molecule has 3 aromatic heterocycles. The van der Waals surface area contributed by atoms with Crippen molar-refractivity contribution in [2.24, 2.45) is 7.05 Å². The average Bonchev–Trinajstić information content (AvgIpc) is 3.01. The fourth-order valence-electron chi connectivity index (χ4n) is 1.43. The van der Waals surface area contributed by atoms with E-state index in [1.165, 1.54) is 16.4 Å². The largest absolute Gasteiger partial charge is 0.368 e. The minimum atomic E-state index is 0.150. The highest BCUT2D eigenvalue weighted by molar-refractivity contribution is 7.99. The van der Waals surface area contributed by atoms with Gasteiger partial charge in [-0.05, 0) is 17.8 Å². The van der Waals surface area contributed by atoms with Crippen LogP contribution in [0.3, 0.4) is 0 Å². The molecule has 0 aromatic carbocycles. The zero-order valence-electron chi connectivity index (χ0n) is 10.0. The highest BCUT2D eigenvalue weighted by Gasteiger charge is 2.10. The molecule has 3 rings (SSSR count). The first-order chi connectivity index (χ1) is 9.22. The first kappa shape index (κ1) is 11.7. The van der Waals surface area contributed by atoms with Gasteiger partial charge in [-0.1, -0.05) is 0 Å². The third kappa shape index (κ3) is 2.40. The fourth-order valence-corrected chi connectivity index (χ4v) is 2.18. The molecule has 9 heteroatoms. The number of anilines is 1. The van der Waals surface area contributed by atoms with Gasteiger partial charge in [-0.25, -0.2) is 9.67 Å². The van der Waals surface area contributed by atoms with Gasteiger partial charge < -0.3 is 10.3 Å². The molecule has 0 unspecified atom stereocenters. The van der Waals surface area contributed by atoms with Gasteiger partial charge in [-0.3, -0.25) is 0 Å². The van der Waals surface area contributed by atoms with E-state index < -0.39 is 0 Å². The summed E-state index contributed by atoms with van der Waals surface area (Å²) in [6.45, 7) is 0. The highest BCUT2D eigenvalue weighted by atomic mass is 32.2. The van der Waals surface area contributed by atoms with Crippen LogP contribution >= 0.6 is 11.8 Å². The second-order valence-electron chi connectivity index (χ2n) is 3.65.